The van der Waals surface area contributed by atoms with E-state index >= 15 is 0 Å². The number of ketones is 1. The van der Waals surface area contributed by atoms with Crippen molar-refractivity contribution in [2.75, 3.05) is 6.54 Å². The highest BCUT2D eigenvalue weighted by atomic mass is 16.2. The number of amides is 1. The molecule has 6 heteroatoms. The van der Waals surface area contributed by atoms with E-state index in [4.69, 9.17) is 4.98 Å². The molecule has 37 heavy (non-hydrogen) atoms. The SMILES string of the molecule is C=CC(=O)N1CCc2cc(C(=O)Cc3ccc(C)c(Cc4nccc(-c5cccnc5)n4)c3)ccc2C1. The van der Waals surface area contributed by atoms with Crippen LogP contribution in [0.2, 0.25) is 0 Å². The predicted molar refractivity (Wildman–Crippen MR) is 143 cm³/mol. The summed E-state index contributed by atoms with van der Waals surface area (Å²) in [6.07, 6.45) is 8.30. The van der Waals surface area contributed by atoms with Crippen molar-refractivity contribution in [3.05, 3.63) is 125 Å². The van der Waals surface area contributed by atoms with E-state index in [-0.39, 0.29) is 11.7 Å². The van der Waals surface area contributed by atoms with Gasteiger partial charge < -0.3 is 4.90 Å². The van der Waals surface area contributed by atoms with Crippen LogP contribution in [0, 0.1) is 6.92 Å². The molecule has 0 atom stereocenters. The van der Waals surface area contributed by atoms with Gasteiger partial charge in [-0.15, -0.1) is 0 Å². The van der Waals surface area contributed by atoms with Gasteiger partial charge in [-0.3, -0.25) is 14.6 Å². The monoisotopic (exact) mass is 488 g/mol. The molecule has 0 spiro atoms. The van der Waals surface area contributed by atoms with E-state index in [0.717, 1.165) is 51.3 Å². The first-order chi connectivity index (χ1) is 18.0. The zero-order valence-corrected chi connectivity index (χ0v) is 20.9. The summed E-state index contributed by atoms with van der Waals surface area (Å²) >= 11 is 0. The van der Waals surface area contributed by atoms with Crippen molar-refractivity contribution in [1.29, 1.82) is 0 Å². The molecule has 1 amide bonds. The molecular weight excluding hydrogens is 460 g/mol. The summed E-state index contributed by atoms with van der Waals surface area (Å²) in [6.45, 7) is 6.84. The van der Waals surface area contributed by atoms with Crippen LogP contribution in [0.25, 0.3) is 11.3 Å². The summed E-state index contributed by atoms with van der Waals surface area (Å²) in [7, 11) is 0. The fraction of sp³-hybridized carbons (Fsp3) is 0.194. The largest absolute Gasteiger partial charge is 0.335 e. The van der Waals surface area contributed by atoms with Gasteiger partial charge in [-0.1, -0.05) is 36.9 Å². The number of carbonyl (C=O) groups is 2. The van der Waals surface area contributed by atoms with Crippen LogP contribution in [0.15, 0.2) is 85.8 Å². The van der Waals surface area contributed by atoms with Crippen molar-refractivity contribution in [3.63, 3.8) is 0 Å². The quantitative estimate of drug-likeness (QED) is 0.272. The van der Waals surface area contributed by atoms with Crippen molar-refractivity contribution in [1.82, 2.24) is 19.9 Å². The minimum absolute atomic E-state index is 0.0600. The first-order valence-corrected chi connectivity index (χ1v) is 12.4. The Hall–Kier alpha value is -4.45. The Morgan fingerprint density at radius 3 is 2.76 bits per heavy atom. The van der Waals surface area contributed by atoms with Gasteiger partial charge in [0.15, 0.2) is 5.78 Å². The number of pyridine rings is 1. The van der Waals surface area contributed by atoms with E-state index < -0.39 is 0 Å². The Kier molecular flexibility index (Phi) is 6.99. The lowest BCUT2D eigenvalue weighted by atomic mass is 9.93. The van der Waals surface area contributed by atoms with Crippen LogP contribution in [0.5, 0.6) is 0 Å². The molecule has 4 aromatic rings. The zero-order valence-electron chi connectivity index (χ0n) is 20.9. The number of hydrogen-bond acceptors (Lipinski definition) is 5. The number of Topliss-reactive ketones (excluding diaryl/α,β-unsaturated/α-hetero) is 1. The number of hydrogen-bond donors (Lipinski definition) is 0. The van der Waals surface area contributed by atoms with Gasteiger partial charge in [0.1, 0.15) is 5.82 Å². The summed E-state index contributed by atoms with van der Waals surface area (Å²) < 4.78 is 0. The number of rotatable bonds is 7. The molecule has 3 heterocycles. The van der Waals surface area contributed by atoms with Crippen LogP contribution in [0.1, 0.15) is 44.0 Å². The van der Waals surface area contributed by atoms with E-state index in [0.29, 0.717) is 31.5 Å². The van der Waals surface area contributed by atoms with Gasteiger partial charge in [0.2, 0.25) is 5.91 Å². The van der Waals surface area contributed by atoms with Crippen LogP contribution in [0.4, 0.5) is 0 Å². The van der Waals surface area contributed by atoms with Crippen molar-refractivity contribution in [2.45, 2.75) is 32.7 Å². The lowest BCUT2D eigenvalue weighted by molar-refractivity contribution is -0.126. The standard InChI is InChI=1S/C31H28N4O2/c1-3-31(37)35-14-11-23-17-24(8-9-26(23)20-35)29(36)16-22-7-6-21(2)27(15-22)18-30-33-13-10-28(34-30)25-5-4-12-32-19-25/h3-10,12-13,15,17,19H,1,11,14,16,18,20H2,2H3. The fourth-order valence-corrected chi connectivity index (χ4v) is 4.69. The third kappa shape index (κ3) is 5.54. The summed E-state index contributed by atoms with van der Waals surface area (Å²) in [5.41, 5.74) is 7.92. The fourth-order valence-electron chi connectivity index (χ4n) is 4.69. The van der Waals surface area contributed by atoms with Gasteiger partial charge in [0.25, 0.3) is 0 Å². The van der Waals surface area contributed by atoms with Crippen molar-refractivity contribution in [3.8, 4) is 11.3 Å². The molecule has 6 nitrogen and oxygen atoms in total. The molecule has 0 saturated carbocycles. The Labute approximate surface area is 216 Å². The van der Waals surface area contributed by atoms with Crippen LogP contribution in [-0.4, -0.2) is 38.1 Å². The van der Waals surface area contributed by atoms with Crippen LogP contribution >= 0.6 is 0 Å². The number of carbonyl (C=O) groups excluding carboxylic acids is 2. The molecule has 0 aliphatic carbocycles. The number of fused-ring (bicyclic) bond motifs is 1. The molecule has 2 aromatic carbocycles. The molecule has 0 saturated heterocycles. The lowest BCUT2D eigenvalue weighted by Gasteiger charge is -2.28. The Morgan fingerprint density at radius 1 is 1.05 bits per heavy atom. The Morgan fingerprint density at radius 2 is 1.95 bits per heavy atom. The minimum Gasteiger partial charge on any atom is -0.335 e. The molecule has 184 valence electrons. The smallest absolute Gasteiger partial charge is 0.246 e. The second-order valence-electron chi connectivity index (χ2n) is 9.33. The van der Waals surface area contributed by atoms with E-state index in [1.807, 2.05) is 42.5 Å². The van der Waals surface area contributed by atoms with Crippen LogP contribution < -0.4 is 0 Å². The molecule has 0 N–H and O–H groups in total. The van der Waals surface area contributed by atoms with Crippen molar-refractivity contribution < 1.29 is 9.59 Å². The molecular formula is C31H28N4O2. The van der Waals surface area contributed by atoms with Crippen molar-refractivity contribution >= 4 is 11.7 Å². The van der Waals surface area contributed by atoms with E-state index in [2.05, 4.69) is 35.6 Å². The number of nitrogens with zero attached hydrogens (tertiary/aromatic N) is 4. The van der Waals surface area contributed by atoms with Crippen LogP contribution in [-0.2, 0) is 30.6 Å². The van der Waals surface area contributed by atoms with Crippen LogP contribution in [0.3, 0.4) is 0 Å². The Bertz CT molecular complexity index is 1480. The molecule has 1 aliphatic rings. The highest BCUT2D eigenvalue weighted by molar-refractivity contribution is 5.97. The maximum Gasteiger partial charge on any atom is 0.246 e. The Balaban J connectivity index is 1.30. The highest BCUT2D eigenvalue weighted by Crippen LogP contribution is 2.23. The number of aromatic nitrogens is 3. The van der Waals surface area contributed by atoms with Crippen molar-refractivity contribution in [2.24, 2.45) is 0 Å². The summed E-state index contributed by atoms with van der Waals surface area (Å²) in [6, 6.07) is 17.7. The normalized spacial score (nSPS) is 12.6. The molecule has 1 aliphatic heterocycles. The van der Waals surface area contributed by atoms with E-state index in [9.17, 15) is 9.59 Å². The van der Waals surface area contributed by atoms with Gasteiger partial charge in [-0.25, -0.2) is 9.97 Å². The molecule has 0 radical (unpaired) electrons. The average Bonchev–Trinajstić information content (AvgIpc) is 2.94. The van der Waals surface area contributed by atoms with E-state index in [1.165, 1.54) is 6.08 Å². The lowest BCUT2D eigenvalue weighted by Crippen LogP contribution is -2.34. The second kappa shape index (κ2) is 10.7. The first kappa shape index (κ1) is 24.3. The average molecular weight is 489 g/mol. The van der Waals surface area contributed by atoms with Gasteiger partial charge in [0.05, 0.1) is 5.69 Å². The summed E-state index contributed by atoms with van der Waals surface area (Å²) in [5, 5.41) is 0. The number of aryl methyl sites for hydroxylation is 1. The summed E-state index contributed by atoms with van der Waals surface area (Å²) in [5.74, 6) is 0.749. The van der Waals surface area contributed by atoms with Gasteiger partial charge >= 0.3 is 0 Å². The molecule has 5 rings (SSSR count). The highest BCUT2D eigenvalue weighted by Gasteiger charge is 2.20. The molecule has 2 aromatic heterocycles. The second-order valence-corrected chi connectivity index (χ2v) is 9.33. The van der Waals surface area contributed by atoms with Gasteiger partial charge in [-0.2, -0.15) is 0 Å². The third-order valence-electron chi connectivity index (χ3n) is 6.82. The predicted octanol–water partition coefficient (Wildman–Crippen LogP) is 4.93. The molecule has 0 bridgehead atoms. The van der Waals surface area contributed by atoms with E-state index in [1.54, 1.807) is 23.5 Å². The van der Waals surface area contributed by atoms with Gasteiger partial charge in [-0.05, 0) is 71.5 Å². The summed E-state index contributed by atoms with van der Waals surface area (Å²) in [4.78, 5) is 40.3. The molecule has 0 unspecified atom stereocenters. The maximum atomic E-state index is 13.2. The molecule has 0 fully saturated rings. The van der Waals surface area contributed by atoms with Gasteiger partial charge in [0, 0.05) is 55.6 Å². The number of benzene rings is 2. The topological polar surface area (TPSA) is 76.1 Å². The minimum atomic E-state index is -0.0600. The first-order valence-electron chi connectivity index (χ1n) is 12.4. The zero-order chi connectivity index (χ0) is 25.8. The maximum absolute atomic E-state index is 13.2. The third-order valence-corrected chi connectivity index (χ3v) is 6.82.